The minimum absolute atomic E-state index is 0.0336. The molecule has 2 unspecified atom stereocenters. The largest absolute Gasteiger partial charge is 0.481 e. The van der Waals surface area contributed by atoms with Gasteiger partial charge >= 0.3 is 11.9 Å². The lowest BCUT2D eigenvalue weighted by molar-refractivity contribution is -0.376. The highest BCUT2D eigenvalue weighted by atomic mass is 16.8. The van der Waals surface area contributed by atoms with E-state index in [1.807, 2.05) is 6.92 Å². The molecule has 9 fully saturated rings. The first-order chi connectivity index (χ1) is 40.2. The quantitative estimate of drug-likeness (QED) is 0.0449. The molecule has 0 aromatic rings. The van der Waals surface area contributed by atoms with Crippen LogP contribution in [0.1, 0.15) is 106 Å². The Morgan fingerprint density at radius 1 is 0.605 bits per heavy atom. The summed E-state index contributed by atoms with van der Waals surface area (Å²) in [6.45, 7) is 9.67. The zero-order chi connectivity index (χ0) is 62.9. The van der Waals surface area contributed by atoms with E-state index in [1.54, 1.807) is 0 Å². The molecule has 0 aromatic heterocycles. The van der Waals surface area contributed by atoms with Gasteiger partial charge in [0.25, 0.3) is 0 Å². The van der Waals surface area contributed by atoms with Gasteiger partial charge in [0.15, 0.2) is 31.3 Å². The normalized spacial score (nSPS) is 54.6. The van der Waals surface area contributed by atoms with Gasteiger partial charge in [-0.1, -0.05) is 39.3 Å². The number of aliphatic hydroxyl groups is 15. The Morgan fingerprint density at radius 2 is 1.23 bits per heavy atom. The van der Waals surface area contributed by atoms with E-state index in [4.69, 9.17) is 47.4 Å². The molecule has 10 rings (SSSR count). The van der Waals surface area contributed by atoms with Gasteiger partial charge in [0.1, 0.15) is 91.1 Å². The monoisotopic (exact) mass is 1240 g/mol. The number of carbonyl (C=O) groups excluding carboxylic acids is 1. The summed E-state index contributed by atoms with van der Waals surface area (Å²) in [6, 6.07) is 0. The third kappa shape index (κ3) is 10.5. The first-order valence-corrected chi connectivity index (χ1v) is 30.2. The molecule has 4 saturated carbocycles. The summed E-state index contributed by atoms with van der Waals surface area (Å²) >= 11 is 0. The third-order valence-corrected chi connectivity index (χ3v) is 22.8. The topological polar surface area (TPSA) is 450 Å². The Hall–Kier alpha value is -2.28. The Kier molecular flexibility index (Phi) is 18.6. The molecular formula is C58H92O28. The molecule has 16 N–H and O–H groups in total. The SMILES string of the molecule is C[C@@H]1O[C@H](OC(=O)[C@]23CCC(C)(C)CC2C2=CCC4[C@@]5(C)C[C@H](O)[C@H](O[C@@H]6O[C@H](CO)[C@@H](O)[C@H](O)[C@H]6O)[C@@](C)(C(=O)O)[C@@H]5CC[C@@]4(C)[C@]2(CO)CC3)[C@@H](O[C@H]2O[C@H](C)[C@@H](O[C@@H]3OC[C@@H](O)[C@H](O[C@@H]4OC[C@](O)(CO)[C@H]4O)[C@H]3O)[C@H](O)[C@@H]2O)[C@H](O)[C@@H]1O. The highest BCUT2D eigenvalue weighted by Crippen LogP contribution is 2.76. The smallest absolute Gasteiger partial charge is 0.315 e. The predicted molar refractivity (Wildman–Crippen MR) is 285 cm³/mol. The predicted octanol–water partition coefficient (Wildman–Crippen LogP) is -3.87. The first-order valence-electron chi connectivity index (χ1n) is 30.2. The van der Waals surface area contributed by atoms with Crippen LogP contribution in [0, 0.1) is 50.2 Å². The number of esters is 1. The number of rotatable bonds is 14. The summed E-state index contributed by atoms with van der Waals surface area (Å²) in [4.78, 5) is 29.3. The van der Waals surface area contributed by atoms with Crippen LogP contribution in [0.2, 0.25) is 0 Å². The van der Waals surface area contributed by atoms with Gasteiger partial charge in [-0.15, -0.1) is 0 Å². The first kappa shape index (κ1) is 66.6. The van der Waals surface area contributed by atoms with Crippen LogP contribution in [-0.4, -0.2) is 274 Å². The number of aliphatic hydroxyl groups excluding tert-OH is 14. The van der Waals surface area contributed by atoms with E-state index in [1.165, 1.54) is 20.8 Å². The molecule has 28 heteroatoms. The van der Waals surface area contributed by atoms with Crippen molar-refractivity contribution >= 4 is 11.9 Å². The van der Waals surface area contributed by atoms with E-state index in [9.17, 15) is 86.5 Å². The van der Waals surface area contributed by atoms with Gasteiger partial charge in [-0.3, -0.25) is 9.59 Å². The standard InChI is InChI=1S/C58H92O28/c1-23-32(64)35(67)42(84-46-38(70)36(68)40(24(2)80-46)82-45-39(71)41(28(63)19-77-45)83-49-43(72)58(76,21-61)22-78-49)48(79-23)86-51(75)56-13-12-52(3,4)16-26(56)25-8-9-30-53(5)17-27(62)44(85-47-37(69)34(66)33(65)29(18-59)81-47)55(7,50(73)74)31(53)10-11-54(30,6)57(25,20-60)15-14-56/h8,23-24,26-49,59-72,76H,9-22H2,1-7H3,(H,73,74)/t23-,24+,26?,27-,28+,29+,30?,31+,32+,33+,34-,35+,36+,37+,38-,39+,40+,41-,42-,43-,44-,45-,46+,47-,48+,49-,53+,54+,55-,56-,57-,58+/m0/s1. The molecule has 10 aliphatic rings. The average molecular weight is 1240 g/mol. The Morgan fingerprint density at radius 3 is 1.88 bits per heavy atom. The van der Waals surface area contributed by atoms with E-state index in [0.717, 1.165) is 5.57 Å². The van der Waals surface area contributed by atoms with Crippen molar-refractivity contribution < 1.29 is 139 Å². The van der Waals surface area contributed by atoms with Crippen LogP contribution in [0.3, 0.4) is 0 Å². The lowest BCUT2D eigenvalue weighted by Gasteiger charge is -2.71. The molecule has 492 valence electrons. The zero-order valence-electron chi connectivity index (χ0n) is 49.5. The molecule has 28 nitrogen and oxygen atoms in total. The van der Waals surface area contributed by atoms with Crippen LogP contribution in [0.15, 0.2) is 11.6 Å². The molecule has 5 aliphatic carbocycles. The van der Waals surface area contributed by atoms with Crippen molar-refractivity contribution in [3.8, 4) is 0 Å². The minimum atomic E-state index is -2.08. The Labute approximate surface area is 497 Å². The van der Waals surface area contributed by atoms with Crippen molar-refractivity contribution in [2.24, 2.45) is 50.2 Å². The van der Waals surface area contributed by atoms with Crippen molar-refractivity contribution in [3.63, 3.8) is 0 Å². The second-order valence-corrected chi connectivity index (χ2v) is 28.1. The van der Waals surface area contributed by atoms with Crippen LogP contribution < -0.4 is 0 Å². The maximum atomic E-state index is 15.5. The fraction of sp³-hybridized carbons (Fsp3) is 0.931. The van der Waals surface area contributed by atoms with Crippen LogP contribution in [-0.2, 0) is 57.0 Å². The lowest BCUT2D eigenvalue weighted by atomic mass is 9.33. The molecule has 0 radical (unpaired) electrons. The van der Waals surface area contributed by atoms with Crippen molar-refractivity contribution in [1.82, 2.24) is 0 Å². The number of fused-ring (bicyclic) bond motifs is 7. The van der Waals surface area contributed by atoms with Gasteiger partial charge in [-0.2, -0.15) is 0 Å². The molecule has 0 bridgehead atoms. The van der Waals surface area contributed by atoms with Crippen molar-refractivity contribution in [3.05, 3.63) is 11.6 Å². The van der Waals surface area contributed by atoms with Crippen LogP contribution in [0.5, 0.6) is 0 Å². The van der Waals surface area contributed by atoms with E-state index < -0.39 is 224 Å². The molecular weight excluding hydrogens is 1140 g/mol. The third-order valence-electron chi connectivity index (χ3n) is 22.8. The van der Waals surface area contributed by atoms with E-state index >= 15 is 4.79 Å². The fourth-order valence-electron chi connectivity index (χ4n) is 17.6. The van der Waals surface area contributed by atoms with Gasteiger partial charge in [-0.25, -0.2) is 0 Å². The number of carboxylic acid groups (broad SMARTS) is 1. The van der Waals surface area contributed by atoms with Gasteiger partial charge in [0.05, 0.1) is 62.2 Å². The number of allylic oxidation sites excluding steroid dienone is 1. The highest BCUT2D eigenvalue weighted by molar-refractivity contribution is 5.79. The average Bonchev–Trinajstić information content (AvgIpc) is 0.743. The number of ether oxygens (including phenoxy) is 10. The molecule has 86 heavy (non-hydrogen) atoms. The number of hydrogen-bond acceptors (Lipinski definition) is 27. The maximum absolute atomic E-state index is 15.5. The van der Waals surface area contributed by atoms with Crippen molar-refractivity contribution in [1.29, 1.82) is 0 Å². The van der Waals surface area contributed by atoms with Crippen LogP contribution in [0.25, 0.3) is 0 Å². The Balaban J connectivity index is 0.872. The second-order valence-electron chi connectivity index (χ2n) is 28.1. The summed E-state index contributed by atoms with van der Waals surface area (Å²) in [5.41, 5.74) is -7.23. The number of aliphatic carboxylic acids is 1. The van der Waals surface area contributed by atoms with Crippen LogP contribution in [0.4, 0.5) is 0 Å². The zero-order valence-corrected chi connectivity index (χ0v) is 49.5. The summed E-state index contributed by atoms with van der Waals surface area (Å²) in [5.74, 6) is -3.52. The lowest BCUT2D eigenvalue weighted by Crippen LogP contribution is -2.71. The summed E-state index contributed by atoms with van der Waals surface area (Å²) in [7, 11) is 0. The highest BCUT2D eigenvalue weighted by Gasteiger charge is 2.74. The fourth-order valence-corrected chi connectivity index (χ4v) is 17.6. The van der Waals surface area contributed by atoms with Gasteiger partial charge in [0, 0.05) is 5.41 Å². The molecule has 0 aromatic carbocycles. The molecule has 32 atom stereocenters. The van der Waals surface area contributed by atoms with Crippen LogP contribution >= 0.6 is 0 Å². The van der Waals surface area contributed by atoms with E-state index in [0.29, 0.717) is 38.5 Å². The summed E-state index contributed by atoms with van der Waals surface area (Å²) in [5, 5.41) is 176. The maximum Gasteiger partial charge on any atom is 0.315 e. The Bertz CT molecular complexity index is 2470. The second kappa shape index (κ2) is 24.0. The number of hydrogen-bond donors (Lipinski definition) is 16. The molecule has 0 spiro atoms. The molecule has 5 aliphatic heterocycles. The van der Waals surface area contributed by atoms with E-state index in [-0.39, 0.29) is 37.2 Å². The number of carboxylic acids is 1. The van der Waals surface area contributed by atoms with Crippen molar-refractivity contribution in [2.75, 3.05) is 33.0 Å². The molecule has 5 heterocycles. The summed E-state index contributed by atoms with van der Waals surface area (Å²) in [6.07, 6.45) is -32.6. The molecule has 0 amide bonds. The van der Waals surface area contributed by atoms with Gasteiger partial charge in [0.2, 0.25) is 6.29 Å². The van der Waals surface area contributed by atoms with E-state index in [2.05, 4.69) is 26.8 Å². The summed E-state index contributed by atoms with van der Waals surface area (Å²) < 4.78 is 58.9. The van der Waals surface area contributed by atoms with Crippen molar-refractivity contribution in [2.45, 2.75) is 253 Å². The van der Waals surface area contributed by atoms with Gasteiger partial charge in [-0.05, 0) is 113 Å². The number of carbonyl (C=O) groups is 2. The molecule has 5 saturated heterocycles. The van der Waals surface area contributed by atoms with Gasteiger partial charge < -0.3 is 129 Å². The minimum Gasteiger partial charge on any atom is -0.481 e.